The Labute approximate surface area is 354 Å². The molecule has 1 unspecified atom stereocenters. The zero-order chi connectivity index (χ0) is 42.3. The monoisotopic (exact) mass is 801 g/mol. The molecule has 0 bridgehead atoms. The van der Waals surface area contributed by atoms with Crippen LogP contribution in [0.2, 0.25) is 0 Å². The molecule has 0 aliphatic carbocycles. The van der Waals surface area contributed by atoms with E-state index < -0.39 is 6.10 Å². The minimum Gasteiger partial charge on any atom is -0.462 e. The van der Waals surface area contributed by atoms with Gasteiger partial charge in [0.15, 0.2) is 6.10 Å². The van der Waals surface area contributed by atoms with E-state index in [-0.39, 0.29) is 50.4 Å². The highest BCUT2D eigenvalue weighted by Gasteiger charge is 2.19. The Morgan fingerprint density at radius 3 is 1.02 bits per heavy atom. The fourth-order valence-electron chi connectivity index (χ4n) is 5.42. The van der Waals surface area contributed by atoms with E-state index >= 15 is 0 Å². The van der Waals surface area contributed by atoms with Gasteiger partial charge in [-0.3, -0.25) is 14.4 Å². The van der Waals surface area contributed by atoms with Crippen LogP contribution >= 0.6 is 0 Å². The molecule has 0 heterocycles. The van der Waals surface area contributed by atoms with E-state index in [4.69, 9.17) is 14.2 Å². The lowest BCUT2D eigenvalue weighted by Crippen LogP contribution is -2.30. The lowest BCUT2D eigenvalue weighted by Gasteiger charge is -2.18. The van der Waals surface area contributed by atoms with Gasteiger partial charge in [0.1, 0.15) is 13.2 Å². The fourth-order valence-corrected chi connectivity index (χ4v) is 5.42. The molecule has 0 aliphatic rings. The Bertz CT molecular complexity index is 1290. The van der Waals surface area contributed by atoms with Gasteiger partial charge in [0.25, 0.3) is 0 Å². The minimum absolute atomic E-state index is 0.132. The summed E-state index contributed by atoms with van der Waals surface area (Å²) >= 11 is 0. The van der Waals surface area contributed by atoms with Crippen molar-refractivity contribution in [2.45, 2.75) is 175 Å². The highest BCUT2D eigenvalue weighted by molar-refractivity contribution is 5.71. The summed E-state index contributed by atoms with van der Waals surface area (Å²) < 4.78 is 16.6. The van der Waals surface area contributed by atoms with E-state index in [1.54, 1.807) is 0 Å². The number of esters is 3. The summed E-state index contributed by atoms with van der Waals surface area (Å²) in [6, 6.07) is 0. The molecular weight excluding hydrogens is 721 g/mol. The van der Waals surface area contributed by atoms with Crippen LogP contribution < -0.4 is 0 Å². The van der Waals surface area contributed by atoms with Crippen molar-refractivity contribution in [2.24, 2.45) is 0 Å². The van der Waals surface area contributed by atoms with Crippen LogP contribution in [0.25, 0.3) is 0 Å². The summed E-state index contributed by atoms with van der Waals surface area (Å²) in [5, 5.41) is 0. The van der Waals surface area contributed by atoms with E-state index in [1.807, 2.05) is 0 Å². The van der Waals surface area contributed by atoms with Crippen LogP contribution in [-0.4, -0.2) is 37.2 Å². The van der Waals surface area contributed by atoms with Gasteiger partial charge in [0.05, 0.1) is 0 Å². The van der Waals surface area contributed by atoms with Crippen LogP contribution in [0.3, 0.4) is 0 Å². The number of rotatable bonds is 38. The van der Waals surface area contributed by atoms with Crippen molar-refractivity contribution in [3.63, 3.8) is 0 Å². The third kappa shape index (κ3) is 42.9. The molecular formula is C52H80O6. The zero-order valence-corrected chi connectivity index (χ0v) is 36.8. The Hall–Kier alpha value is -4.19. The highest BCUT2D eigenvalue weighted by atomic mass is 16.6. The van der Waals surface area contributed by atoms with E-state index in [9.17, 15) is 14.4 Å². The number of carbonyl (C=O) groups is 3. The Morgan fingerprint density at radius 1 is 0.345 bits per heavy atom. The van der Waals surface area contributed by atoms with Crippen LogP contribution in [-0.2, 0) is 28.6 Å². The van der Waals surface area contributed by atoms with Crippen LogP contribution in [0.4, 0.5) is 0 Å². The predicted molar refractivity (Wildman–Crippen MR) is 246 cm³/mol. The largest absolute Gasteiger partial charge is 0.462 e. The summed E-state index contributed by atoms with van der Waals surface area (Å²) in [5.41, 5.74) is 0. The molecule has 1 atom stereocenters. The van der Waals surface area contributed by atoms with Crippen LogP contribution in [0, 0.1) is 0 Å². The second-order valence-electron chi connectivity index (χ2n) is 14.2. The maximum Gasteiger partial charge on any atom is 0.306 e. The molecule has 0 amide bonds. The number of carbonyl (C=O) groups excluding carboxylic acids is 3. The lowest BCUT2D eigenvalue weighted by molar-refractivity contribution is -0.167. The standard InChI is InChI=1S/C52H80O6/c1-4-7-10-13-16-19-22-24-25-26-27-28-31-33-36-39-42-45-51(54)57-48-49(47-56-50(53)44-41-38-35-32-29-21-18-15-12-9-6-3)58-52(55)46-43-40-37-34-30-23-20-17-14-11-8-5-2/h7-12,16-21,24-25,27-28,32-33,35-36,49H,4-6,13-15,22-23,26,29-31,34,37-48H2,1-3H3/b10-7-,11-8-,12-9-,19-16-,20-17-,21-18-,25-24-,28-27-,35-32-,36-33-. The maximum absolute atomic E-state index is 12.7. The van der Waals surface area contributed by atoms with Crippen molar-refractivity contribution in [1.82, 2.24) is 0 Å². The first-order valence-corrected chi connectivity index (χ1v) is 22.5. The minimum atomic E-state index is -0.829. The molecule has 324 valence electrons. The van der Waals surface area contributed by atoms with E-state index in [0.29, 0.717) is 12.8 Å². The zero-order valence-electron chi connectivity index (χ0n) is 36.8. The normalized spacial score (nSPS) is 13.2. The topological polar surface area (TPSA) is 78.9 Å². The van der Waals surface area contributed by atoms with Gasteiger partial charge in [0.2, 0.25) is 0 Å². The first-order valence-electron chi connectivity index (χ1n) is 22.5. The summed E-state index contributed by atoms with van der Waals surface area (Å²) in [4.78, 5) is 37.7. The van der Waals surface area contributed by atoms with Crippen LogP contribution in [0.15, 0.2) is 122 Å². The molecule has 6 heteroatoms. The molecule has 0 N–H and O–H groups in total. The van der Waals surface area contributed by atoms with Gasteiger partial charge in [-0.05, 0) is 109 Å². The van der Waals surface area contributed by atoms with Crippen molar-refractivity contribution in [1.29, 1.82) is 0 Å². The van der Waals surface area contributed by atoms with E-state index in [2.05, 4.69) is 142 Å². The molecule has 6 nitrogen and oxygen atoms in total. The Balaban J connectivity index is 4.57. The van der Waals surface area contributed by atoms with Crippen LogP contribution in [0.5, 0.6) is 0 Å². The van der Waals surface area contributed by atoms with Crippen molar-refractivity contribution >= 4 is 17.9 Å². The molecule has 58 heavy (non-hydrogen) atoms. The summed E-state index contributed by atoms with van der Waals surface area (Å²) in [6.07, 6.45) is 62.0. The van der Waals surface area contributed by atoms with Crippen molar-refractivity contribution in [2.75, 3.05) is 13.2 Å². The second-order valence-corrected chi connectivity index (χ2v) is 14.2. The number of ether oxygens (including phenoxy) is 3. The number of unbranched alkanes of at least 4 members (excludes halogenated alkanes) is 7. The Kier molecular flexibility index (Phi) is 42.2. The smallest absolute Gasteiger partial charge is 0.306 e. The number of allylic oxidation sites excluding steroid dienone is 20. The highest BCUT2D eigenvalue weighted by Crippen LogP contribution is 2.11. The van der Waals surface area contributed by atoms with Gasteiger partial charge in [-0.15, -0.1) is 0 Å². The summed E-state index contributed by atoms with van der Waals surface area (Å²) in [5.74, 6) is -1.07. The molecule has 0 rings (SSSR count). The van der Waals surface area contributed by atoms with Crippen molar-refractivity contribution < 1.29 is 28.6 Å². The molecule has 0 aromatic rings. The van der Waals surface area contributed by atoms with E-state index in [0.717, 1.165) is 116 Å². The molecule has 0 radical (unpaired) electrons. The van der Waals surface area contributed by atoms with Crippen molar-refractivity contribution in [3.05, 3.63) is 122 Å². The van der Waals surface area contributed by atoms with Gasteiger partial charge in [-0.25, -0.2) is 0 Å². The molecule has 0 spiro atoms. The fraction of sp³-hybridized carbons (Fsp3) is 0.558. The quantitative estimate of drug-likeness (QED) is 0.0268. The van der Waals surface area contributed by atoms with Crippen molar-refractivity contribution in [3.8, 4) is 0 Å². The SMILES string of the molecule is CC/C=C\C/C=C\C/C=C\C/C=C\C/C=C\CCCC(=O)OCC(COC(=O)CCC/C=C\C/C=C\C/C=C\CC)OC(=O)CCCCCCC/C=C\C/C=C\CC. The van der Waals surface area contributed by atoms with Gasteiger partial charge in [0, 0.05) is 19.3 Å². The molecule has 0 fully saturated rings. The number of hydrogen-bond donors (Lipinski definition) is 0. The summed E-state index contributed by atoms with van der Waals surface area (Å²) in [7, 11) is 0. The Morgan fingerprint density at radius 2 is 0.638 bits per heavy atom. The molecule has 0 aromatic heterocycles. The average Bonchev–Trinajstić information content (AvgIpc) is 3.22. The molecule has 0 saturated carbocycles. The van der Waals surface area contributed by atoms with E-state index in [1.165, 1.54) is 0 Å². The summed E-state index contributed by atoms with van der Waals surface area (Å²) in [6.45, 7) is 6.14. The van der Waals surface area contributed by atoms with Gasteiger partial charge in [-0.2, -0.15) is 0 Å². The first kappa shape index (κ1) is 53.8. The molecule has 0 aliphatic heterocycles. The maximum atomic E-state index is 12.7. The third-order valence-corrected chi connectivity index (χ3v) is 8.69. The van der Waals surface area contributed by atoms with Gasteiger partial charge >= 0.3 is 17.9 Å². The second kappa shape index (κ2) is 45.5. The predicted octanol–water partition coefficient (Wildman–Crippen LogP) is 14.6. The van der Waals surface area contributed by atoms with Gasteiger partial charge < -0.3 is 14.2 Å². The van der Waals surface area contributed by atoms with Crippen LogP contribution in [0.1, 0.15) is 168 Å². The molecule has 0 saturated heterocycles. The van der Waals surface area contributed by atoms with Gasteiger partial charge in [-0.1, -0.05) is 162 Å². The molecule has 0 aromatic carbocycles. The lowest BCUT2D eigenvalue weighted by atomic mass is 10.1. The third-order valence-electron chi connectivity index (χ3n) is 8.69. The first-order chi connectivity index (χ1) is 28.5. The number of hydrogen-bond acceptors (Lipinski definition) is 6. The average molecular weight is 801 g/mol.